The molecule has 1 spiro atoms. The molecule has 2 saturated heterocycles. The minimum atomic E-state index is -0.267. The number of amides is 1. The van der Waals surface area contributed by atoms with Gasteiger partial charge < -0.3 is 4.90 Å². The first kappa shape index (κ1) is 15.3. The first-order valence-electron chi connectivity index (χ1n) is 8.26. The maximum atomic E-state index is 12.9. The summed E-state index contributed by atoms with van der Waals surface area (Å²) in [6.45, 7) is 4.62. The molecule has 0 saturated carbocycles. The van der Waals surface area contributed by atoms with Gasteiger partial charge in [-0.2, -0.15) is 0 Å². The number of benzene rings is 1. The predicted molar refractivity (Wildman–Crippen MR) is 88.6 cm³/mol. The van der Waals surface area contributed by atoms with Crippen LogP contribution in [0.2, 0.25) is 0 Å². The highest BCUT2D eigenvalue weighted by Gasteiger charge is 2.52. The maximum Gasteiger partial charge on any atom is 0.227 e. The van der Waals surface area contributed by atoms with Gasteiger partial charge in [0.25, 0.3) is 0 Å². The SMILES string of the molecule is O=C(Cc1ccc(F)cc1)N1CC2(CN(Cc3ccccn3)C2)C1. The van der Waals surface area contributed by atoms with Crippen LogP contribution in [0.15, 0.2) is 48.7 Å². The molecule has 124 valence electrons. The third kappa shape index (κ3) is 3.04. The Morgan fingerprint density at radius 1 is 1.08 bits per heavy atom. The number of nitrogens with zero attached hydrogens (tertiary/aromatic N) is 3. The van der Waals surface area contributed by atoms with Crippen molar-refractivity contribution in [3.8, 4) is 0 Å². The Morgan fingerprint density at radius 2 is 1.83 bits per heavy atom. The van der Waals surface area contributed by atoms with Gasteiger partial charge in [-0.05, 0) is 29.8 Å². The molecule has 0 radical (unpaired) electrons. The van der Waals surface area contributed by atoms with Crippen LogP contribution in [0.5, 0.6) is 0 Å². The Balaban J connectivity index is 1.24. The van der Waals surface area contributed by atoms with E-state index in [-0.39, 0.29) is 17.1 Å². The molecule has 0 aliphatic carbocycles. The van der Waals surface area contributed by atoms with Gasteiger partial charge in [0.1, 0.15) is 5.82 Å². The third-order valence-corrected chi connectivity index (χ3v) is 4.90. The molecule has 2 aliphatic heterocycles. The maximum absolute atomic E-state index is 12.9. The van der Waals surface area contributed by atoms with E-state index >= 15 is 0 Å². The van der Waals surface area contributed by atoms with Gasteiger partial charge in [0.05, 0.1) is 12.1 Å². The van der Waals surface area contributed by atoms with E-state index < -0.39 is 0 Å². The van der Waals surface area contributed by atoms with Crippen molar-refractivity contribution < 1.29 is 9.18 Å². The zero-order chi connectivity index (χ0) is 16.6. The molecular weight excluding hydrogens is 305 g/mol. The first-order valence-corrected chi connectivity index (χ1v) is 8.26. The van der Waals surface area contributed by atoms with Crippen molar-refractivity contribution in [1.29, 1.82) is 0 Å². The zero-order valence-corrected chi connectivity index (χ0v) is 13.5. The van der Waals surface area contributed by atoms with Crippen LogP contribution in [-0.4, -0.2) is 46.9 Å². The van der Waals surface area contributed by atoms with Crippen LogP contribution >= 0.6 is 0 Å². The number of pyridine rings is 1. The van der Waals surface area contributed by atoms with Crippen molar-refractivity contribution >= 4 is 5.91 Å². The first-order chi connectivity index (χ1) is 11.6. The lowest BCUT2D eigenvalue weighted by atomic mass is 9.72. The molecule has 2 aliphatic rings. The lowest BCUT2D eigenvalue weighted by Crippen LogP contribution is -2.72. The fourth-order valence-electron chi connectivity index (χ4n) is 3.76. The normalized spacial score (nSPS) is 19.0. The zero-order valence-electron chi connectivity index (χ0n) is 13.5. The fraction of sp³-hybridized carbons (Fsp3) is 0.368. The van der Waals surface area contributed by atoms with Gasteiger partial charge in [-0.1, -0.05) is 18.2 Å². The summed E-state index contributed by atoms with van der Waals surface area (Å²) in [4.78, 5) is 20.9. The van der Waals surface area contributed by atoms with E-state index in [1.54, 1.807) is 12.1 Å². The van der Waals surface area contributed by atoms with Gasteiger partial charge in [-0.25, -0.2) is 4.39 Å². The van der Waals surface area contributed by atoms with Crippen LogP contribution in [0.1, 0.15) is 11.3 Å². The van der Waals surface area contributed by atoms with Crippen LogP contribution in [-0.2, 0) is 17.8 Å². The van der Waals surface area contributed by atoms with E-state index in [1.165, 1.54) is 12.1 Å². The molecule has 0 atom stereocenters. The number of hydrogen-bond donors (Lipinski definition) is 0. The predicted octanol–water partition coefficient (Wildman–Crippen LogP) is 2.11. The number of likely N-dealkylation sites (tertiary alicyclic amines) is 2. The van der Waals surface area contributed by atoms with Gasteiger partial charge >= 0.3 is 0 Å². The highest BCUT2D eigenvalue weighted by molar-refractivity contribution is 5.79. The summed E-state index contributed by atoms with van der Waals surface area (Å²) < 4.78 is 12.9. The number of hydrogen-bond acceptors (Lipinski definition) is 3. The Hall–Kier alpha value is -2.27. The van der Waals surface area contributed by atoms with E-state index in [1.807, 2.05) is 29.3 Å². The quantitative estimate of drug-likeness (QED) is 0.864. The fourth-order valence-corrected chi connectivity index (χ4v) is 3.76. The van der Waals surface area contributed by atoms with Crippen molar-refractivity contribution in [3.05, 3.63) is 65.7 Å². The van der Waals surface area contributed by atoms with E-state index in [9.17, 15) is 9.18 Å². The molecule has 1 aromatic heterocycles. The topological polar surface area (TPSA) is 36.4 Å². The van der Waals surface area contributed by atoms with Crippen molar-refractivity contribution in [2.75, 3.05) is 26.2 Å². The number of halogens is 1. The molecule has 1 aromatic carbocycles. The lowest BCUT2D eigenvalue weighted by molar-refractivity contribution is -0.159. The van der Waals surface area contributed by atoms with Gasteiger partial charge in [0.2, 0.25) is 5.91 Å². The van der Waals surface area contributed by atoms with E-state index in [4.69, 9.17) is 0 Å². The summed E-state index contributed by atoms with van der Waals surface area (Å²) in [5.41, 5.74) is 2.25. The van der Waals surface area contributed by atoms with Crippen LogP contribution in [0.4, 0.5) is 4.39 Å². The molecule has 0 unspecified atom stereocenters. The minimum absolute atomic E-state index is 0.135. The van der Waals surface area contributed by atoms with Crippen LogP contribution < -0.4 is 0 Å². The van der Waals surface area contributed by atoms with Gasteiger partial charge in [0, 0.05) is 44.3 Å². The number of carbonyl (C=O) groups is 1. The van der Waals surface area contributed by atoms with Gasteiger partial charge in [-0.15, -0.1) is 0 Å². The second-order valence-electron chi connectivity index (χ2n) is 7.02. The highest BCUT2D eigenvalue weighted by atomic mass is 19.1. The Bertz CT molecular complexity index is 718. The third-order valence-electron chi connectivity index (χ3n) is 4.90. The Labute approximate surface area is 140 Å². The number of rotatable bonds is 4. The molecule has 2 fully saturated rings. The number of aromatic nitrogens is 1. The smallest absolute Gasteiger partial charge is 0.227 e. The lowest BCUT2D eigenvalue weighted by Gasteiger charge is -2.60. The molecular formula is C19H20FN3O. The summed E-state index contributed by atoms with van der Waals surface area (Å²) >= 11 is 0. The average molecular weight is 325 g/mol. The molecule has 0 bridgehead atoms. The Morgan fingerprint density at radius 3 is 2.50 bits per heavy atom. The molecule has 3 heterocycles. The monoisotopic (exact) mass is 325 g/mol. The van der Waals surface area contributed by atoms with Crippen molar-refractivity contribution in [2.24, 2.45) is 5.41 Å². The molecule has 24 heavy (non-hydrogen) atoms. The van der Waals surface area contributed by atoms with Crippen LogP contribution in [0.3, 0.4) is 0 Å². The van der Waals surface area contributed by atoms with Crippen molar-refractivity contribution in [1.82, 2.24) is 14.8 Å². The minimum Gasteiger partial charge on any atom is -0.341 e. The van der Waals surface area contributed by atoms with E-state index in [0.717, 1.165) is 44.0 Å². The largest absolute Gasteiger partial charge is 0.341 e. The average Bonchev–Trinajstić information content (AvgIpc) is 2.51. The highest BCUT2D eigenvalue weighted by Crippen LogP contribution is 2.40. The number of carbonyl (C=O) groups excluding carboxylic acids is 1. The van der Waals surface area contributed by atoms with Gasteiger partial charge in [0.15, 0.2) is 0 Å². The van der Waals surface area contributed by atoms with E-state index in [0.29, 0.717) is 6.42 Å². The second-order valence-corrected chi connectivity index (χ2v) is 7.02. The van der Waals surface area contributed by atoms with Crippen molar-refractivity contribution in [3.63, 3.8) is 0 Å². The second kappa shape index (κ2) is 5.98. The molecule has 5 heteroatoms. The molecule has 1 amide bonds. The van der Waals surface area contributed by atoms with Crippen molar-refractivity contribution in [2.45, 2.75) is 13.0 Å². The standard InChI is InChI=1S/C19H20FN3O/c20-16-6-4-15(5-7-16)9-18(24)23-13-19(14-23)11-22(12-19)10-17-3-1-2-8-21-17/h1-8H,9-14H2. The van der Waals surface area contributed by atoms with Crippen LogP contribution in [0.25, 0.3) is 0 Å². The Kier molecular flexibility index (Phi) is 3.81. The molecule has 4 nitrogen and oxygen atoms in total. The summed E-state index contributed by atoms with van der Waals surface area (Å²) in [5, 5.41) is 0. The summed E-state index contributed by atoms with van der Waals surface area (Å²) in [7, 11) is 0. The summed E-state index contributed by atoms with van der Waals surface area (Å²) in [5.74, 6) is -0.132. The molecule has 0 N–H and O–H groups in total. The summed E-state index contributed by atoms with van der Waals surface area (Å²) in [6.07, 6.45) is 2.18. The molecule has 2 aromatic rings. The van der Waals surface area contributed by atoms with E-state index in [2.05, 4.69) is 9.88 Å². The molecule has 4 rings (SSSR count). The summed E-state index contributed by atoms with van der Waals surface area (Å²) in [6, 6.07) is 12.2. The van der Waals surface area contributed by atoms with Crippen LogP contribution in [0, 0.1) is 11.2 Å². The van der Waals surface area contributed by atoms with Gasteiger partial charge in [-0.3, -0.25) is 14.7 Å².